The number of piperidine rings is 1. The standard InChI is InChI=1S/C23H27BrN2O2/c1-2-28-22-8-7-21(24)15-20(22)6-9-23(27)26-12-10-18(11-13-26)19-5-3-4-17(14-19)16-25/h3-9,14-15,18H,2,10-13,16,25H2,1H3. The molecular weight excluding hydrogens is 416 g/mol. The fourth-order valence-electron chi connectivity index (χ4n) is 3.61. The lowest BCUT2D eigenvalue weighted by atomic mass is 9.88. The molecule has 3 rings (SSSR count). The molecule has 148 valence electrons. The van der Waals surface area contributed by atoms with E-state index in [0.717, 1.165) is 47.3 Å². The molecule has 1 aliphatic heterocycles. The minimum atomic E-state index is 0.0524. The van der Waals surface area contributed by atoms with Crippen LogP contribution >= 0.6 is 15.9 Å². The molecule has 5 heteroatoms. The molecular formula is C23H27BrN2O2. The van der Waals surface area contributed by atoms with Gasteiger partial charge in [0.25, 0.3) is 0 Å². The number of amides is 1. The lowest BCUT2D eigenvalue weighted by Gasteiger charge is -2.31. The van der Waals surface area contributed by atoms with Crippen molar-refractivity contribution in [2.45, 2.75) is 32.2 Å². The van der Waals surface area contributed by atoms with Crippen LogP contribution in [0.3, 0.4) is 0 Å². The van der Waals surface area contributed by atoms with Gasteiger partial charge in [-0.05, 0) is 61.1 Å². The third-order valence-electron chi connectivity index (χ3n) is 5.14. The van der Waals surface area contributed by atoms with Crippen molar-refractivity contribution >= 4 is 27.9 Å². The summed E-state index contributed by atoms with van der Waals surface area (Å²) >= 11 is 3.48. The van der Waals surface area contributed by atoms with E-state index in [4.69, 9.17) is 10.5 Å². The van der Waals surface area contributed by atoms with E-state index < -0.39 is 0 Å². The van der Waals surface area contributed by atoms with Gasteiger partial charge in [0.05, 0.1) is 6.61 Å². The van der Waals surface area contributed by atoms with Gasteiger partial charge in [0.2, 0.25) is 5.91 Å². The topological polar surface area (TPSA) is 55.6 Å². The Labute approximate surface area is 175 Å². The zero-order chi connectivity index (χ0) is 19.9. The largest absolute Gasteiger partial charge is 0.493 e. The Bertz CT molecular complexity index is 842. The van der Waals surface area contributed by atoms with E-state index in [0.29, 0.717) is 19.1 Å². The summed E-state index contributed by atoms with van der Waals surface area (Å²) < 4.78 is 6.61. The van der Waals surface area contributed by atoms with Crippen LogP contribution < -0.4 is 10.5 Å². The van der Waals surface area contributed by atoms with Crippen LogP contribution in [0.4, 0.5) is 0 Å². The summed E-state index contributed by atoms with van der Waals surface area (Å²) in [5, 5.41) is 0. The molecule has 1 aliphatic rings. The maximum absolute atomic E-state index is 12.6. The second kappa shape index (κ2) is 9.89. The summed E-state index contributed by atoms with van der Waals surface area (Å²) in [5.74, 6) is 1.33. The summed E-state index contributed by atoms with van der Waals surface area (Å²) in [5.41, 5.74) is 9.16. The van der Waals surface area contributed by atoms with Gasteiger partial charge in [-0.3, -0.25) is 4.79 Å². The lowest BCUT2D eigenvalue weighted by molar-refractivity contribution is -0.126. The molecule has 28 heavy (non-hydrogen) atoms. The number of carbonyl (C=O) groups is 1. The highest BCUT2D eigenvalue weighted by Gasteiger charge is 2.22. The molecule has 1 amide bonds. The van der Waals surface area contributed by atoms with Crippen molar-refractivity contribution in [2.24, 2.45) is 5.73 Å². The molecule has 0 unspecified atom stereocenters. The van der Waals surface area contributed by atoms with Gasteiger partial charge in [0.15, 0.2) is 0 Å². The van der Waals surface area contributed by atoms with Crippen LogP contribution in [0.5, 0.6) is 5.75 Å². The van der Waals surface area contributed by atoms with E-state index in [-0.39, 0.29) is 5.91 Å². The molecule has 0 atom stereocenters. The Morgan fingerprint density at radius 2 is 2.04 bits per heavy atom. The second-order valence-corrected chi connectivity index (χ2v) is 7.91. The first kappa shape index (κ1) is 20.6. The maximum atomic E-state index is 12.6. The summed E-state index contributed by atoms with van der Waals surface area (Å²) in [6.07, 6.45) is 5.46. The molecule has 1 heterocycles. The Morgan fingerprint density at radius 1 is 1.25 bits per heavy atom. The van der Waals surface area contributed by atoms with E-state index in [1.54, 1.807) is 6.08 Å². The Morgan fingerprint density at radius 3 is 2.75 bits per heavy atom. The van der Waals surface area contributed by atoms with Crippen LogP contribution in [0.25, 0.3) is 6.08 Å². The van der Waals surface area contributed by atoms with Crippen LogP contribution in [-0.4, -0.2) is 30.5 Å². The van der Waals surface area contributed by atoms with Gasteiger partial charge in [-0.1, -0.05) is 40.2 Å². The number of ether oxygens (including phenoxy) is 1. The minimum absolute atomic E-state index is 0.0524. The van der Waals surface area contributed by atoms with Crippen molar-refractivity contribution in [1.82, 2.24) is 4.90 Å². The second-order valence-electron chi connectivity index (χ2n) is 7.00. The molecule has 2 aromatic carbocycles. The fraction of sp³-hybridized carbons (Fsp3) is 0.348. The molecule has 1 saturated heterocycles. The van der Waals surface area contributed by atoms with Gasteiger partial charge in [-0.2, -0.15) is 0 Å². The minimum Gasteiger partial charge on any atom is -0.493 e. The smallest absolute Gasteiger partial charge is 0.246 e. The monoisotopic (exact) mass is 442 g/mol. The third-order valence-corrected chi connectivity index (χ3v) is 5.64. The number of nitrogens with two attached hydrogens (primary N) is 1. The van der Waals surface area contributed by atoms with Crippen molar-refractivity contribution in [3.63, 3.8) is 0 Å². The highest BCUT2D eigenvalue weighted by molar-refractivity contribution is 9.10. The van der Waals surface area contributed by atoms with Gasteiger partial charge in [-0.25, -0.2) is 0 Å². The SMILES string of the molecule is CCOc1ccc(Br)cc1C=CC(=O)N1CCC(c2cccc(CN)c2)CC1. The van der Waals surface area contributed by atoms with E-state index in [1.165, 1.54) is 5.56 Å². The molecule has 0 aromatic heterocycles. The number of hydrogen-bond acceptors (Lipinski definition) is 3. The van der Waals surface area contributed by atoms with E-state index in [2.05, 4.69) is 40.2 Å². The van der Waals surface area contributed by atoms with E-state index in [9.17, 15) is 4.79 Å². The Hall–Kier alpha value is -2.11. The van der Waals surface area contributed by atoms with Crippen LogP contribution in [0.15, 0.2) is 53.0 Å². The number of benzene rings is 2. The zero-order valence-electron chi connectivity index (χ0n) is 16.2. The van der Waals surface area contributed by atoms with Crippen LogP contribution in [0, 0.1) is 0 Å². The average molecular weight is 443 g/mol. The molecule has 4 nitrogen and oxygen atoms in total. The molecule has 2 N–H and O–H groups in total. The molecule has 2 aromatic rings. The Balaban J connectivity index is 1.61. The quantitative estimate of drug-likeness (QED) is 0.657. The summed E-state index contributed by atoms with van der Waals surface area (Å²) in [6, 6.07) is 14.3. The molecule has 0 radical (unpaired) electrons. The average Bonchev–Trinajstić information content (AvgIpc) is 2.74. The summed E-state index contributed by atoms with van der Waals surface area (Å²) in [6.45, 7) is 4.66. The van der Waals surface area contributed by atoms with Crippen molar-refractivity contribution in [2.75, 3.05) is 19.7 Å². The van der Waals surface area contributed by atoms with Gasteiger partial charge < -0.3 is 15.4 Å². The predicted molar refractivity (Wildman–Crippen MR) is 117 cm³/mol. The lowest BCUT2D eigenvalue weighted by Crippen LogP contribution is -2.36. The number of hydrogen-bond donors (Lipinski definition) is 1. The highest BCUT2D eigenvalue weighted by Crippen LogP contribution is 2.29. The van der Waals surface area contributed by atoms with Crippen molar-refractivity contribution in [3.05, 3.63) is 69.7 Å². The number of likely N-dealkylation sites (tertiary alicyclic amines) is 1. The van der Waals surface area contributed by atoms with Crippen LogP contribution in [0.2, 0.25) is 0 Å². The fourth-order valence-corrected chi connectivity index (χ4v) is 3.99. The number of nitrogens with zero attached hydrogens (tertiary/aromatic N) is 1. The van der Waals surface area contributed by atoms with Gasteiger partial charge in [-0.15, -0.1) is 0 Å². The summed E-state index contributed by atoms with van der Waals surface area (Å²) in [4.78, 5) is 14.6. The highest BCUT2D eigenvalue weighted by atomic mass is 79.9. The molecule has 1 fully saturated rings. The summed E-state index contributed by atoms with van der Waals surface area (Å²) in [7, 11) is 0. The van der Waals surface area contributed by atoms with E-state index in [1.807, 2.05) is 36.1 Å². The van der Waals surface area contributed by atoms with Crippen molar-refractivity contribution in [3.8, 4) is 5.75 Å². The van der Waals surface area contributed by atoms with E-state index >= 15 is 0 Å². The predicted octanol–water partition coefficient (Wildman–Crippen LogP) is 4.73. The number of halogens is 1. The van der Waals surface area contributed by atoms with Gasteiger partial charge in [0, 0.05) is 35.7 Å². The van der Waals surface area contributed by atoms with Crippen molar-refractivity contribution in [1.29, 1.82) is 0 Å². The van der Waals surface area contributed by atoms with Gasteiger partial charge >= 0.3 is 0 Å². The zero-order valence-corrected chi connectivity index (χ0v) is 17.8. The molecule has 0 saturated carbocycles. The van der Waals surface area contributed by atoms with Crippen LogP contribution in [0.1, 0.15) is 42.4 Å². The van der Waals surface area contributed by atoms with Crippen molar-refractivity contribution < 1.29 is 9.53 Å². The number of rotatable bonds is 6. The molecule has 0 spiro atoms. The maximum Gasteiger partial charge on any atom is 0.246 e. The Kier molecular flexibility index (Phi) is 7.29. The van der Waals surface area contributed by atoms with Crippen LogP contribution in [-0.2, 0) is 11.3 Å². The first-order valence-corrected chi connectivity index (χ1v) is 10.6. The number of carbonyl (C=O) groups excluding carboxylic acids is 1. The molecule has 0 bridgehead atoms. The normalized spacial score (nSPS) is 15.2. The van der Waals surface area contributed by atoms with Gasteiger partial charge in [0.1, 0.15) is 5.75 Å². The first-order valence-electron chi connectivity index (χ1n) is 9.79. The molecule has 0 aliphatic carbocycles. The third kappa shape index (κ3) is 5.24. The first-order chi connectivity index (χ1) is 13.6.